The molecule has 0 unspecified atom stereocenters. The normalized spacial score (nSPS) is 10.7. The monoisotopic (exact) mass is 369 g/mol. The van der Waals surface area contributed by atoms with E-state index in [0.717, 1.165) is 29.9 Å². The van der Waals surface area contributed by atoms with Gasteiger partial charge in [-0.2, -0.15) is 5.10 Å². The van der Waals surface area contributed by atoms with Crippen LogP contribution in [-0.2, 0) is 11.2 Å². The van der Waals surface area contributed by atoms with E-state index in [2.05, 4.69) is 10.1 Å². The van der Waals surface area contributed by atoms with Gasteiger partial charge in [-0.25, -0.2) is 9.48 Å². The number of hydrogen-bond donors (Lipinski definition) is 0. The molecule has 5 nitrogen and oxygen atoms in total. The van der Waals surface area contributed by atoms with Gasteiger partial charge in [0.1, 0.15) is 0 Å². The number of esters is 1. The quantitative estimate of drug-likeness (QED) is 0.479. The van der Waals surface area contributed by atoms with Crippen LogP contribution in [0.3, 0.4) is 0 Å². The van der Waals surface area contributed by atoms with Gasteiger partial charge in [0.25, 0.3) is 0 Å². The highest BCUT2D eigenvalue weighted by molar-refractivity contribution is 6.31. The van der Waals surface area contributed by atoms with Crippen LogP contribution in [0.2, 0.25) is 5.02 Å². The van der Waals surface area contributed by atoms with Gasteiger partial charge in [0.15, 0.2) is 0 Å². The Labute approximate surface area is 157 Å². The number of halogens is 1. The third-order valence-corrected chi connectivity index (χ3v) is 4.69. The summed E-state index contributed by atoms with van der Waals surface area (Å²) in [7, 11) is 0. The Morgan fingerprint density at radius 1 is 1.12 bits per heavy atom. The lowest BCUT2D eigenvalue weighted by atomic mass is 10.1. The van der Waals surface area contributed by atoms with Gasteiger partial charge < -0.3 is 4.74 Å². The third-order valence-electron chi connectivity index (χ3n) is 4.14. The average molecular weight is 370 g/mol. The van der Waals surface area contributed by atoms with Gasteiger partial charge in [0, 0.05) is 12.4 Å². The Balaban J connectivity index is 1.56. The Hall–Kier alpha value is -2.66. The van der Waals surface area contributed by atoms with Crippen molar-refractivity contribution < 1.29 is 9.53 Å². The van der Waals surface area contributed by atoms with E-state index in [9.17, 15) is 4.79 Å². The van der Waals surface area contributed by atoms with Gasteiger partial charge in [-0.05, 0) is 68.7 Å². The number of rotatable bonds is 6. The summed E-state index contributed by atoms with van der Waals surface area (Å²) in [6.45, 7) is 4.16. The summed E-state index contributed by atoms with van der Waals surface area (Å²) in [5, 5.41) is 5.06. The zero-order chi connectivity index (χ0) is 18.5. The van der Waals surface area contributed by atoms with Crippen LogP contribution in [0.5, 0.6) is 0 Å². The smallest absolute Gasteiger partial charge is 0.338 e. The second-order valence-corrected chi connectivity index (χ2v) is 6.42. The van der Waals surface area contributed by atoms with E-state index in [1.54, 1.807) is 29.2 Å². The van der Waals surface area contributed by atoms with Crippen molar-refractivity contribution in [1.29, 1.82) is 0 Å². The first-order valence-electron chi connectivity index (χ1n) is 8.44. The van der Waals surface area contributed by atoms with E-state index in [1.807, 2.05) is 38.1 Å². The number of nitrogens with zero attached hydrogens (tertiary/aromatic N) is 3. The minimum absolute atomic E-state index is 0.322. The highest BCUT2D eigenvalue weighted by Crippen LogP contribution is 2.22. The summed E-state index contributed by atoms with van der Waals surface area (Å²) in [6.07, 6.45) is 5.16. The van der Waals surface area contributed by atoms with E-state index in [4.69, 9.17) is 16.3 Å². The summed E-state index contributed by atoms with van der Waals surface area (Å²) in [6, 6.07) is 11.1. The van der Waals surface area contributed by atoms with Crippen molar-refractivity contribution in [1.82, 2.24) is 14.8 Å². The molecule has 0 saturated carbocycles. The number of aryl methyl sites for hydroxylation is 2. The van der Waals surface area contributed by atoms with Gasteiger partial charge >= 0.3 is 5.97 Å². The molecule has 1 aromatic carbocycles. The lowest BCUT2D eigenvalue weighted by molar-refractivity contribution is 0.0500. The average Bonchev–Trinajstić information content (AvgIpc) is 2.93. The molecular formula is C20H20ClN3O2. The summed E-state index contributed by atoms with van der Waals surface area (Å²) in [4.78, 5) is 16.1. The number of carbonyl (C=O) groups excluding carboxylic acids is 1. The van der Waals surface area contributed by atoms with Crippen LogP contribution >= 0.6 is 11.6 Å². The fourth-order valence-corrected chi connectivity index (χ4v) is 2.81. The third kappa shape index (κ3) is 4.11. The molecule has 0 aliphatic rings. The largest absolute Gasteiger partial charge is 0.462 e. The second-order valence-electron chi connectivity index (χ2n) is 6.04. The molecule has 2 heterocycles. The van der Waals surface area contributed by atoms with Gasteiger partial charge in [0.2, 0.25) is 0 Å². The van der Waals surface area contributed by atoms with E-state index >= 15 is 0 Å². The van der Waals surface area contributed by atoms with Gasteiger partial charge in [0.05, 0.1) is 34.3 Å². The van der Waals surface area contributed by atoms with Crippen LogP contribution in [0.25, 0.3) is 5.69 Å². The maximum Gasteiger partial charge on any atom is 0.338 e. The molecule has 0 saturated heterocycles. The molecule has 0 bridgehead atoms. The Morgan fingerprint density at radius 2 is 1.81 bits per heavy atom. The van der Waals surface area contributed by atoms with Crippen molar-refractivity contribution in [3.63, 3.8) is 0 Å². The minimum atomic E-state index is -0.322. The molecule has 0 radical (unpaired) electrons. The lowest BCUT2D eigenvalue weighted by Crippen LogP contribution is -2.08. The summed E-state index contributed by atoms with van der Waals surface area (Å²) < 4.78 is 7.11. The van der Waals surface area contributed by atoms with Gasteiger partial charge in [-0.1, -0.05) is 11.6 Å². The molecule has 134 valence electrons. The zero-order valence-corrected chi connectivity index (χ0v) is 15.5. The number of pyridine rings is 1. The second kappa shape index (κ2) is 8.15. The molecule has 0 aliphatic carbocycles. The van der Waals surface area contributed by atoms with E-state index in [0.29, 0.717) is 17.2 Å². The standard InChI is InChI=1S/C20H20ClN3O2/c1-14-19(21)15(2)24(23-14)18-7-5-17(6-8-18)20(25)26-13-3-4-16-9-11-22-12-10-16/h5-12H,3-4,13H2,1-2H3. The molecular weight excluding hydrogens is 350 g/mol. The van der Waals surface area contributed by atoms with Crippen molar-refractivity contribution in [3.8, 4) is 5.69 Å². The Kier molecular flexibility index (Phi) is 5.68. The van der Waals surface area contributed by atoms with Crippen molar-refractivity contribution in [2.24, 2.45) is 0 Å². The van der Waals surface area contributed by atoms with Gasteiger partial charge in [-0.3, -0.25) is 4.98 Å². The van der Waals surface area contributed by atoms with Crippen molar-refractivity contribution in [2.75, 3.05) is 6.61 Å². The fourth-order valence-electron chi connectivity index (χ4n) is 2.69. The molecule has 0 atom stereocenters. The predicted octanol–water partition coefficient (Wildman–Crippen LogP) is 4.33. The van der Waals surface area contributed by atoms with Crippen LogP contribution in [0.1, 0.15) is 33.7 Å². The molecule has 0 N–H and O–H groups in total. The van der Waals surface area contributed by atoms with Crippen molar-refractivity contribution >= 4 is 17.6 Å². The molecule has 26 heavy (non-hydrogen) atoms. The highest BCUT2D eigenvalue weighted by Gasteiger charge is 2.12. The molecule has 3 aromatic rings. The van der Waals surface area contributed by atoms with Crippen molar-refractivity contribution in [3.05, 3.63) is 76.3 Å². The molecule has 2 aromatic heterocycles. The first kappa shape index (κ1) is 18.1. The summed E-state index contributed by atoms with van der Waals surface area (Å²) >= 11 is 6.18. The van der Waals surface area contributed by atoms with E-state index in [1.165, 1.54) is 5.56 Å². The molecule has 0 fully saturated rings. The SMILES string of the molecule is Cc1nn(-c2ccc(C(=O)OCCCc3ccncc3)cc2)c(C)c1Cl. The summed E-state index contributed by atoms with van der Waals surface area (Å²) in [5.41, 5.74) is 4.21. The number of ether oxygens (including phenoxy) is 1. The van der Waals surface area contributed by atoms with Crippen LogP contribution in [-0.4, -0.2) is 27.3 Å². The van der Waals surface area contributed by atoms with E-state index in [-0.39, 0.29) is 5.97 Å². The predicted molar refractivity (Wildman–Crippen MR) is 101 cm³/mol. The van der Waals surface area contributed by atoms with Crippen molar-refractivity contribution in [2.45, 2.75) is 26.7 Å². The van der Waals surface area contributed by atoms with Crippen LogP contribution < -0.4 is 0 Å². The number of aromatic nitrogens is 3. The number of benzene rings is 1. The lowest BCUT2D eigenvalue weighted by Gasteiger charge is -2.07. The zero-order valence-electron chi connectivity index (χ0n) is 14.8. The first-order valence-corrected chi connectivity index (χ1v) is 8.82. The molecule has 0 amide bonds. The first-order chi connectivity index (χ1) is 12.6. The number of hydrogen-bond acceptors (Lipinski definition) is 4. The van der Waals surface area contributed by atoms with Crippen LogP contribution in [0.15, 0.2) is 48.8 Å². The Bertz CT molecular complexity index is 889. The van der Waals surface area contributed by atoms with E-state index < -0.39 is 0 Å². The summed E-state index contributed by atoms with van der Waals surface area (Å²) in [5.74, 6) is -0.322. The molecule has 3 rings (SSSR count). The minimum Gasteiger partial charge on any atom is -0.462 e. The highest BCUT2D eigenvalue weighted by atomic mass is 35.5. The number of carbonyl (C=O) groups is 1. The van der Waals surface area contributed by atoms with Crippen LogP contribution in [0, 0.1) is 13.8 Å². The molecule has 6 heteroatoms. The Morgan fingerprint density at radius 3 is 2.42 bits per heavy atom. The van der Waals surface area contributed by atoms with Crippen LogP contribution in [0.4, 0.5) is 0 Å². The fraction of sp³-hybridized carbons (Fsp3) is 0.250. The molecule has 0 aliphatic heterocycles. The molecule has 0 spiro atoms. The maximum absolute atomic E-state index is 12.2. The maximum atomic E-state index is 12.2. The topological polar surface area (TPSA) is 57.0 Å². The van der Waals surface area contributed by atoms with Gasteiger partial charge in [-0.15, -0.1) is 0 Å².